The number of nitrogens with one attached hydrogen (secondary N) is 1. The number of piperazine rings is 1. The van der Waals surface area contributed by atoms with E-state index in [1.807, 2.05) is 23.6 Å². The van der Waals surface area contributed by atoms with Crippen LogP contribution in [-0.4, -0.2) is 60.5 Å². The summed E-state index contributed by atoms with van der Waals surface area (Å²) in [5.41, 5.74) is 5.46. The molecule has 2 fully saturated rings. The second-order valence-corrected chi connectivity index (χ2v) is 7.26. The topological polar surface area (TPSA) is 78.7 Å². The highest BCUT2D eigenvalue weighted by molar-refractivity contribution is 5.83. The first-order valence-corrected chi connectivity index (χ1v) is 9.61. The number of nitrogens with zero attached hydrogens (tertiary/aromatic N) is 2. The van der Waals surface area contributed by atoms with Crippen LogP contribution in [0.1, 0.15) is 58.8 Å². The molecule has 1 heterocycles. The van der Waals surface area contributed by atoms with Gasteiger partial charge >= 0.3 is 6.03 Å². The van der Waals surface area contributed by atoms with Crippen molar-refractivity contribution in [2.45, 2.75) is 64.8 Å². The lowest BCUT2D eigenvalue weighted by atomic mass is 9.81. The minimum atomic E-state index is -0.438. The Morgan fingerprint density at radius 1 is 1.00 bits per heavy atom. The van der Waals surface area contributed by atoms with Crippen molar-refractivity contribution in [1.29, 1.82) is 0 Å². The minimum absolute atomic E-state index is 0.0325. The molecule has 2 aliphatic rings. The van der Waals surface area contributed by atoms with Crippen LogP contribution < -0.4 is 11.1 Å². The molecule has 6 heteroatoms. The van der Waals surface area contributed by atoms with E-state index in [-0.39, 0.29) is 11.9 Å². The van der Waals surface area contributed by atoms with E-state index in [4.69, 9.17) is 5.73 Å². The van der Waals surface area contributed by atoms with Crippen molar-refractivity contribution in [1.82, 2.24) is 15.1 Å². The molecule has 0 unspecified atom stereocenters. The smallest absolute Gasteiger partial charge is 0.317 e. The molecule has 1 saturated carbocycles. The van der Waals surface area contributed by atoms with E-state index >= 15 is 0 Å². The van der Waals surface area contributed by atoms with Crippen molar-refractivity contribution in [3.05, 3.63) is 0 Å². The van der Waals surface area contributed by atoms with Crippen LogP contribution >= 0.6 is 0 Å². The van der Waals surface area contributed by atoms with Gasteiger partial charge in [0.15, 0.2) is 0 Å². The molecule has 138 valence electrons. The van der Waals surface area contributed by atoms with Crippen molar-refractivity contribution in [2.24, 2.45) is 11.1 Å². The Morgan fingerprint density at radius 2 is 1.54 bits per heavy atom. The van der Waals surface area contributed by atoms with Gasteiger partial charge in [0.2, 0.25) is 5.91 Å². The van der Waals surface area contributed by atoms with Gasteiger partial charge in [-0.25, -0.2) is 4.79 Å². The second kappa shape index (κ2) is 8.70. The van der Waals surface area contributed by atoms with Crippen molar-refractivity contribution in [3.63, 3.8) is 0 Å². The summed E-state index contributed by atoms with van der Waals surface area (Å²) in [6, 6.07) is 0.362. The first-order chi connectivity index (χ1) is 11.6. The molecule has 1 aliphatic carbocycles. The van der Waals surface area contributed by atoms with Gasteiger partial charge in [-0.3, -0.25) is 4.79 Å². The molecular weight excluding hydrogens is 304 g/mol. The Balaban J connectivity index is 1.84. The van der Waals surface area contributed by atoms with Crippen LogP contribution in [-0.2, 0) is 4.79 Å². The Kier molecular flexibility index (Phi) is 6.90. The van der Waals surface area contributed by atoms with Crippen LogP contribution in [0.5, 0.6) is 0 Å². The van der Waals surface area contributed by atoms with E-state index in [2.05, 4.69) is 5.32 Å². The Labute approximate surface area is 146 Å². The predicted octanol–water partition coefficient (Wildman–Crippen LogP) is 1.94. The number of amides is 3. The minimum Gasteiger partial charge on any atom is -0.339 e. The summed E-state index contributed by atoms with van der Waals surface area (Å²) < 4.78 is 0. The number of nitrogens with two attached hydrogens (primary N) is 1. The molecule has 0 aromatic carbocycles. The van der Waals surface area contributed by atoms with E-state index in [1.54, 1.807) is 0 Å². The van der Waals surface area contributed by atoms with Crippen molar-refractivity contribution >= 4 is 11.9 Å². The number of hydrogen-bond acceptors (Lipinski definition) is 3. The van der Waals surface area contributed by atoms with Gasteiger partial charge in [0.05, 0.1) is 5.41 Å². The summed E-state index contributed by atoms with van der Waals surface area (Å²) in [5.74, 6) is 0.155. The normalized spacial score (nSPS) is 20.1. The first kappa shape index (κ1) is 19.0. The molecular formula is C18H34N4O2. The molecule has 0 aromatic rings. The number of carbonyl (C=O) groups is 2. The van der Waals surface area contributed by atoms with Crippen LogP contribution in [0.25, 0.3) is 0 Å². The van der Waals surface area contributed by atoms with E-state index in [0.717, 1.165) is 25.7 Å². The van der Waals surface area contributed by atoms with Gasteiger partial charge in [-0.05, 0) is 25.7 Å². The summed E-state index contributed by atoms with van der Waals surface area (Å²) in [5, 5.41) is 3.16. The van der Waals surface area contributed by atoms with Gasteiger partial charge in [0.25, 0.3) is 0 Å². The van der Waals surface area contributed by atoms with Gasteiger partial charge in [0, 0.05) is 38.8 Å². The van der Waals surface area contributed by atoms with E-state index < -0.39 is 5.41 Å². The number of rotatable bonds is 5. The van der Waals surface area contributed by atoms with Gasteiger partial charge in [-0.2, -0.15) is 0 Å². The molecule has 6 nitrogen and oxygen atoms in total. The average molecular weight is 338 g/mol. The standard InChI is InChI=1S/C18H34N4O2/c1-3-18(4-2,14-19)16(23)21-10-12-22(13-11-21)17(24)20-15-8-6-5-7-9-15/h15H,3-14,19H2,1-2H3,(H,20,24). The molecule has 0 bridgehead atoms. The highest BCUT2D eigenvalue weighted by Gasteiger charge is 2.38. The van der Waals surface area contributed by atoms with E-state index in [1.165, 1.54) is 19.3 Å². The Bertz CT molecular complexity index is 414. The Hall–Kier alpha value is -1.30. The molecule has 0 atom stereocenters. The van der Waals surface area contributed by atoms with Crippen LogP contribution in [0.3, 0.4) is 0 Å². The number of carbonyl (C=O) groups excluding carboxylic acids is 2. The largest absolute Gasteiger partial charge is 0.339 e. The zero-order valence-electron chi connectivity index (χ0n) is 15.4. The highest BCUT2D eigenvalue weighted by Crippen LogP contribution is 2.28. The molecule has 3 N–H and O–H groups in total. The maximum atomic E-state index is 12.8. The quantitative estimate of drug-likeness (QED) is 0.804. The Morgan fingerprint density at radius 3 is 2.04 bits per heavy atom. The summed E-state index contributed by atoms with van der Waals surface area (Å²) >= 11 is 0. The average Bonchev–Trinajstić information content (AvgIpc) is 2.64. The molecule has 0 aromatic heterocycles. The van der Waals surface area contributed by atoms with Gasteiger partial charge in [-0.15, -0.1) is 0 Å². The van der Waals surface area contributed by atoms with Crippen LogP contribution in [0.15, 0.2) is 0 Å². The third-order valence-electron chi connectivity index (χ3n) is 5.98. The third kappa shape index (κ3) is 4.21. The highest BCUT2D eigenvalue weighted by atomic mass is 16.2. The lowest BCUT2D eigenvalue weighted by molar-refractivity contribution is -0.143. The summed E-state index contributed by atoms with van der Waals surface area (Å²) in [6.45, 7) is 6.89. The molecule has 0 spiro atoms. The summed E-state index contributed by atoms with van der Waals surface area (Å²) in [7, 11) is 0. The van der Waals surface area contributed by atoms with Crippen molar-refractivity contribution < 1.29 is 9.59 Å². The summed E-state index contributed by atoms with van der Waals surface area (Å²) in [4.78, 5) is 29.0. The van der Waals surface area contributed by atoms with E-state index in [9.17, 15) is 9.59 Å². The monoisotopic (exact) mass is 338 g/mol. The zero-order chi connectivity index (χ0) is 17.6. The predicted molar refractivity (Wildman–Crippen MR) is 95.6 cm³/mol. The molecule has 24 heavy (non-hydrogen) atoms. The lowest BCUT2D eigenvalue weighted by Gasteiger charge is -2.40. The molecule has 2 rings (SSSR count). The lowest BCUT2D eigenvalue weighted by Crippen LogP contribution is -2.57. The fraction of sp³-hybridized carbons (Fsp3) is 0.889. The fourth-order valence-corrected chi connectivity index (χ4v) is 3.89. The fourth-order valence-electron chi connectivity index (χ4n) is 3.89. The third-order valence-corrected chi connectivity index (χ3v) is 5.98. The van der Waals surface area contributed by atoms with Gasteiger partial charge in [-0.1, -0.05) is 33.1 Å². The maximum Gasteiger partial charge on any atom is 0.317 e. The van der Waals surface area contributed by atoms with Crippen molar-refractivity contribution in [2.75, 3.05) is 32.7 Å². The van der Waals surface area contributed by atoms with Crippen LogP contribution in [0.2, 0.25) is 0 Å². The number of urea groups is 1. The maximum absolute atomic E-state index is 12.8. The second-order valence-electron chi connectivity index (χ2n) is 7.26. The van der Waals surface area contributed by atoms with Crippen LogP contribution in [0.4, 0.5) is 4.79 Å². The summed E-state index contributed by atoms with van der Waals surface area (Å²) in [6.07, 6.45) is 7.42. The van der Waals surface area contributed by atoms with Gasteiger partial charge in [0.1, 0.15) is 0 Å². The first-order valence-electron chi connectivity index (χ1n) is 9.61. The molecule has 1 aliphatic heterocycles. The SMILES string of the molecule is CCC(CC)(CN)C(=O)N1CCN(C(=O)NC2CCCCC2)CC1. The van der Waals surface area contributed by atoms with Crippen LogP contribution in [0, 0.1) is 5.41 Å². The molecule has 3 amide bonds. The zero-order valence-corrected chi connectivity index (χ0v) is 15.4. The van der Waals surface area contributed by atoms with Gasteiger partial charge < -0.3 is 20.9 Å². The molecule has 0 radical (unpaired) electrons. The van der Waals surface area contributed by atoms with Crippen molar-refractivity contribution in [3.8, 4) is 0 Å². The van der Waals surface area contributed by atoms with E-state index in [0.29, 0.717) is 38.8 Å². The number of hydrogen-bond donors (Lipinski definition) is 2. The molecule has 1 saturated heterocycles.